The highest BCUT2D eigenvalue weighted by Gasteiger charge is 2.39. The minimum absolute atomic E-state index is 0.0223. The third kappa shape index (κ3) is 3.52. The molecule has 0 aromatic heterocycles. The topological polar surface area (TPSA) is 69.6 Å². The fourth-order valence-corrected chi connectivity index (χ4v) is 2.72. The van der Waals surface area contributed by atoms with Crippen LogP contribution >= 0.6 is 11.8 Å². The number of carbonyl (C=O) groups is 2. The lowest BCUT2D eigenvalue weighted by Gasteiger charge is -2.25. The van der Waals surface area contributed by atoms with E-state index in [0.717, 1.165) is 12.2 Å². The van der Waals surface area contributed by atoms with Crippen LogP contribution in [0, 0.1) is 5.92 Å². The van der Waals surface area contributed by atoms with Gasteiger partial charge >= 0.3 is 12.0 Å². The zero-order chi connectivity index (χ0) is 13.0. The second-order valence-corrected chi connectivity index (χ2v) is 5.46. The molecule has 1 rings (SSSR count). The quantitative estimate of drug-likeness (QED) is 0.798. The average Bonchev–Trinajstić information content (AvgIpc) is 2.60. The van der Waals surface area contributed by atoms with E-state index in [4.69, 9.17) is 5.11 Å². The summed E-state index contributed by atoms with van der Waals surface area (Å²) in [5.41, 5.74) is 0. The van der Waals surface area contributed by atoms with Crippen molar-refractivity contribution in [2.45, 2.75) is 32.4 Å². The molecule has 0 bridgehead atoms. The Hall–Kier alpha value is -0.910. The summed E-state index contributed by atoms with van der Waals surface area (Å²) in [6.07, 6.45) is 2.72. The van der Waals surface area contributed by atoms with Crippen LogP contribution in [0.5, 0.6) is 0 Å². The summed E-state index contributed by atoms with van der Waals surface area (Å²) in [6.45, 7) is 4.32. The number of carbonyl (C=O) groups excluding carboxylic acids is 1. The summed E-state index contributed by atoms with van der Waals surface area (Å²) in [4.78, 5) is 24.5. The second-order valence-electron chi connectivity index (χ2n) is 4.55. The SMILES string of the molecule is CSCC(C)NC(=O)N1CCC(C)C1C(=O)O. The molecule has 6 heteroatoms. The summed E-state index contributed by atoms with van der Waals surface area (Å²) in [5, 5.41) is 11.9. The van der Waals surface area contributed by atoms with E-state index in [2.05, 4.69) is 5.32 Å². The number of amides is 2. The third-order valence-corrected chi connectivity index (χ3v) is 3.83. The van der Waals surface area contributed by atoms with Crippen LogP contribution in [-0.2, 0) is 4.79 Å². The summed E-state index contributed by atoms with van der Waals surface area (Å²) in [7, 11) is 0. The maximum atomic E-state index is 11.9. The van der Waals surface area contributed by atoms with Crippen LogP contribution in [0.2, 0.25) is 0 Å². The van der Waals surface area contributed by atoms with Gasteiger partial charge in [-0.25, -0.2) is 9.59 Å². The highest BCUT2D eigenvalue weighted by atomic mass is 32.2. The molecule has 1 saturated heterocycles. The molecule has 5 nitrogen and oxygen atoms in total. The van der Waals surface area contributed by atoms with Gasteiger partial charge in [0.25, 0.3) is 0 Å². The van der Waals surface area contributed by atoms with Gasteiger partial charge in [0.15, 0.2) is 0 Å². The van der Waals surface area contributed by atoms with Crippen molar-refractivity contribution >= 4 is 23.8 Å². The predicted molar refractivity (Wildman–Crippen MR) is 68.3 cm³/mol. The van der Waals surface area contributed by atoms with Crippen molar-refractivity contribution in [1.29, 1.82) is 0 Å². The summed E-state index contributed by atoms with van der Waals surface area (Å²) in [5.74, 6) is -0.0656. The molecule has 0 aliphatic carbocycles. The zero-order valence-electron chi connectivity index (χ0n) is 10.5. The molecule has 3 atom stereocenters. The van der Waals surface area contributed by atoms with E-state index in [1.807, 2.05) is 20.1 Å². The van der Waals surface area contributed by atoms with Gasteiger partial charge < -0.3 is 15.3 Å². The molecule has 1 heterocycles. The van der Waals surface area contributed by atoms with E-state index >= 15 is 0 Å². The van der Waals surface area contributed by atoms with Gasteiger partial charge in [-0.3, -0.25) is 0 Å². The summed E-state index contributed by atoms with van der Waals surface area (Å²) < 4.78 is 0. The number of hydrogen-bond acceptors (Lipinski definition) is 3. The number of urea groups is 1. The Balaban J connectivity index is 2.59. The fourth-order valence-electron chi connectivity index (χ4n) is 2.14. The maximum Gasteiger partial charge on any atom is 0.326 e. The van der Waals surface area contributed by atoms with E-state index in [1.54, 1.807) is 11.8 Å². The van der Waals surface area contributed by atoms with Crippen LogP contribution in [0.4, 0.5) is 4.79 Å². The van der Waals surface area contributed by atoms with Crippen molar-refractivity contribution in [2.24, 2.45) is 5.92 Å². The number of hydrogen-bond donors (Lipinski definition) is 2. The highest BCUT2D eigenvalue weighted by molar-refractivity contribution is 7.98. The second kappa shape index (κ2) is 6.14. The van der Waals surface area contributed by atoms with Crippen molar-refractivity contribution < 1.29 is 14.7 Å². The van der Waals surface area contributed by atoms with Crippen LogP contribution < -0.4 is 5.32 Å². The molecule has 0 saturated carbocycles. The molecule has 0 aromatic rings. The lowest BCUT2D eigenvalue weighted by Crippen LogP contribution is -2.50. The molecule has 2 amide bonds. The van der Waals surface area contributed by atoms with Gasteiger partial charge in [-0.1, -0.05) is 6.92 Å². The third-order valence-electron chi connectivity index (χ3n) is 3.00. The van der Waals surface area contributed by atoms with E-state index < -0.39 is 12.0 Å². The average molecular weight is 260 g/mol. The lowest BCUT2D eigenvalue weighted by atomic mass is 10.0. The number of carboxylic acids is 1. The molecule has 1 fully saturated rings. The fraction of sp³-hybridized carbons (Fsp3) is 0.818. The van der Waals surface area contributed by atoms with Gasteiger partial charge in [-0.05, 0) is 25.5 Å². The number of aliphatic carboxylic acids is 1. The molecule has 0 radical (unpaired) electrons. The number of nitrogens with zero attached hydrogens (tertiary/aromatic N) is 1. The van der Waals surface area contributed by atoms with Crippen LogP contribution in [0.3, 0.4) is 0 Å². The monoisotopic (exact) mass is 260 g/mol. The van der Waals surface area contributed by atoms with Gasteiger partial charge in [0.05, 0.1) is 0 Å². The van der Waals surface area contributed by atoms with Gasteiger partial charge in [0.2, 0.25) is 0 Å². The minimum atomic E-state index is -0.914. The van der Waals surface area contributed by atoms with Crippen LogP contribution in [0.25, 0.3) is 0 Å². The number of carboxylic acid groups (broad SMARTS) is 1. The van der Waals surface area contributed by atoms with Crippen molar-refractivity contribution in [3.63, 3.8) is 0 Å². The van der Waals surface area contributed by atoms with Crippen molar-refractivity contribution in [1.82, 2.24) is 10.2 Å². The Kier molecular flexibility index (Phi) is 5.11. The molecular weight excluding hydrogens is 240 g/mol. The maximum absolute atomic E-state index is 11.9. The first-order chi connectivity index (χ1) is 7.97. The Labute approximate surface area is 106 Å². The molecule has 0 aromatic carbocycles. The molecular formula is C11H20N2O3S. The molecule has 0 spiro atoms. The summed E-state index contributed by atoms with van der Waals surface area (Å²) >= 11 is 1.65. The Morgan fingerprint density at radius 2 is 2.24 bits per heavy atom. The molecule has 98 valence electrons. The Morgan fingerprint density at radius 1 is 1.59 bits per heavy atom. The van der Waals surface area contributed by atoms with Crippen molar-refractivity contribution in [3.8, 4) is 0 Å². The van der Waals surface area contributed by atoms with Crippen molar-refractivity contribution in [2.75, 3.05) is 18.6 Å². The van der Waals surface area contributed by atoms with Gasteiger partial charge in [-0.2, -0.15) is 11.8 Å². The first-order valence-corrected chi connectivity index (χ1v) is 7.15. The van der Waals surface area contributed by atoms with Crippen LogP contribution in [0.15, 0.2) is 0 Å². The molecule has 3 unspecified atom stereocenters. The normalized spacial score (nSPS) is 25.7. The molecule has 1 aliphatic heterocycles. The van der Waals surface area contributed by atoms with E-state index in [0.29, 0.717) is 6.54 Å². The van der Waals surface area contributed by atoms with Crippen LogP contribution in [0.1, 0.15) is 20.3 Å². The van der Waals surface area contributed by atoms with E-state index in [1.165, 1.54) is 4.90 Å². The van der Waals surface area contributed by atoms with E-state index in [9.17, 15) is 9.59 Å². The minimum Gasteiger partial charge on any atom is -0.480 e. The predicted octanol–water partition coefficient (Wildman–Crippen LogP) is 1.24. The zero-order valence-corrected chi connectivity index (χ0v) is 11.3. The lowest BCUT2D eigenvalue weighted by molar-refractivity contribution is -0.142. The smallest absolute Gasteiger partial charge is 0.326 e. The number of nitrogens with one attached hydrogen (secondary N) is 1. The first kappa shape index (κ1) is 14.2. The van der Waals surface area contributed by atoms with Crippen LogP contribution in [-0.4, -0.2) is 52.6 Å². The summed E-state index contributed by atoms with van der Waals surface area (Å²) in [6, 6.07) is -0.886. The highest BCUT2D eigenvalue weighted by Crippen LogP contribution is 2.24. The van der Waals surface area contributed by atoms with Gasteiger partial charge in [-0.15, -0.1) is 0 Å². The van der Waals surface area contributed by atoms with Gasteiger partial charge in [0.1, 0.15) is 6.04 Å². The number of thioether (sulfide) groups is 1. The molecule has 17 heavy (non-hydrogen) atoms. The molecule has 1 aliphatic rings. The number of rotatable bonds is 4. The largest absolute Gasteiger partial charge is 0.480 e. The van der Waals surface area contributed by atoms with Gasteiger partial charge in [0, 0.05) is 18.3 Å². The Bertz CT molecular complexity index is 298. The molecule has 2 N–H and O–H groups in total. The van der Waals surface area contributed by atoms with Crippen molar-refractivity contribution in [3.05, 3.63) is 0 Å². The first-order valence-electron chi connectivity index (χ1n) is 5.76. The van der Waals surface area contributed by atoms with E-state index in [-0.39, 0.29) is 18.0 Å². The standard InChI is InChI=1S/C11H20N2O3S/c1-7-4-5-13(9(7)10(14)15)11(16)12-8(2)6-17-3/h7-9H,4-6H2,1-3H3,(H,12,16)(H,14,15). The Morgan fingerprint density at radius 3 is 2.76 bits per heavy atom. The number of likely N-dealkylation sites (tertiary alicyclic amines) is 1.